The molecule has 0 aliphatic carbocycles. The summed E-state index contributed by atoms with van der Waals surface area (Å²) in [6.07, 6.45) is 16.0. The summed E-state index contributed by atoms with van der Waals surface area (Å²) in [4.78, 5) is 2.00. The maximum Gasteiger partial charge on any atom is 0.117 e. The van der Waals surface area contributed by atoms with E-state index in [4.69, 9.17) is 0 Å². The van der Waals surface area contributed by atoms with E-state index in [9.17, 15) is 0 Å². The minimum Gasteiger partial charge on any atom is -0.166 e. The first-order valence-electron chi connectivity index (χ1n) is 4.21. The first kappa shape index (κ1) is 7.86. The van der Waals surface area contributed by atoms with Crippen LogP contribution in [0, 0.1) is 0 Å². The molecule has 0 amide bonds. The smallest absolute Gasteiger partial charge is 0.117 e. The molecule has 2 heterocycles. The first-order chi connectivity index (χ1) is 6.38. The molecule has 1 aromatic rings. The van der Waals surface area contributed by atoms with Crippen LogP contribution in [0.3, 0.4) is 0 Å². The lowest BCUT2D eigenvalue weighted by Gasteiger charge is -2.08. The lowest BCUT2D eigenvalue weighted by Crippen LogP contribution is -2.46. The average molecular weight is 174 g/mol. The summed E-state index contributed by atoms with van der Waals surface area (Å²) in [7, 11) is 2.00. The fraction of sp³-hybridized carbons (Fsp3) is 0.100. The van der Waals surface area contributed by atoms with Crippen LogP contribution in [0.25, 0.3) is 0 Å². The zero-order valence-corrected chi connectivity index (χ0v) is 7.54. The van der Waals surface area contributed by atoms with Crippen molar-refractivity contribution < 1.29 is 4.68 Å². The van der Waals surface area contributed by atoms with Crippen LogP contribution >= 0.6 is 0 Å². The number of aromatic nitrogens is 2. The Hall–Kier alpha value is -1.77. The lowest BCUT2D eigenvalue weighted by molar-refractivity contribution is -0.751. The molecule has 3 heteroatoms. The molecule has 0 bridgehead atoms. The number of hydrogen-bond donors (Lipinski definition) is 0. The van der Waals surface area contributed by atoms with Gasteiger partial charge >= 0.3 is 0 Å². The highest BCUT2D eigenvalue weighted by Gasteiger charge is 2.07. The first-order valence-corrected chi connectivity index (χ1v) is 4.21. The van der Waals surface area contributed by atoms with Gasteiger partial charge in [-0.25, -0.2) is 0 Å². The van der Waals surface area contributed by atoms with Crippen LogP contribution in [0.2, 0.25) is 0 Å². The molecule has 0 unspecified atom stereocenters. The van der Waals surface area contributed by atoms with Crippen LogP contribution in [0.15, 0.2) is 55.2 Å². The van der Waals surface area contributed by atoms with Gasteiger partial charge in [0.15, 0.2) is 0 Å². The Morgan fingerprint density at radius 2 is 1.69 bits per heavy atom. The second-order valence-corrected chi connectivity index (χ2v) is 2.83. The van der Waals surface area contributed by atoms with E-state index in [1.54, 1.807) is 0 Å². The predicted octanol–water partition coefficient (Wildman–Crippen LogP) is 0.848. The van der Waals surface area contributed by atoms with Crippen molar-refractivity contribution in [2.75, 3.05) is 5.01 Å². The zero-order chi connectivity index (χ0) is 9.10. The van der Waals surface area contributed by atoms with E-state index in [2.05, 4.69) is 0 Å². The molecule has 0 N–H and O–H groups in total. The predicted molar refractivity (Wildman–Crippen MR) is 51.2 cm³/mol. The molecular weight excluding hydrogens is 162 g/mol. The van der Waals surface area contributed by atoms with Gasteiger partial charge in [0.1, 0.15) is 25.6 Å². The van der Waals surface area contributed by atoms with Gasteiger partial charge in [0.25, 0.3) is 0 Å². The fourth-order valence-corrected chi connectivity index (χ4v) is 1.24. The van der Waals surface area contributed by atoms with Crippen molar-refractivity contribution in [1.29, 1.82) is 0 Å². The Balaban J connectivity index is 2.32. The highest BCUT2D eigenvalue weighted by Crippen LogP contribution is 1.96. The Kier molecular flexibility index (Phi) is 2.00. The van der Waals surface area contributed by atoms with E-state index in [1.165, 1.54) is 0 Å². The molecule has 0 spiro atoms. The zero-order valence-electron chi connectivity index (χ0n) is 7.54. The van der Waals surface area contributed by atoms with Crippen molar-refractivity contribution in [2.45, 2.75) is 0 Å². The fourth-order valence-electron chi connectivity index (χ4n) is 1.24. The Morgan fingerprint density at radius 3 is 2.23 bits per heavy atom. The summed E-state index contributed by atoms with van der Waals surface area (Å²) in [6, 6.07) is 2.00. The molecule has 66 valence electrons. The SMILES string of the molecule is C[n+]1cccn1N1C=CC=CC=C1. The maximum absolute atomic E-state index is 2.00. The van der Waals surface area contributed by atoms with Crippen LogP contribution < -0.4 is 9.69 Å². The molecule has 0 saturated heterocycles. The third-order valence-corrected chi connectivity index (χ3v) is 1.89. The summed E-state index contributed by atoms with van der Waals surface area (Å²) in [6.45, 7) is 0. The molecule has 2 rings (SSSR count). The molecule has 1 aliphatic heterocycles. The lowest BCUT2D eigenvalue weighted by atomic mass is 10.5. The third-order valence-electron chi connectivity index (χ3n) is 1.89. The minimum atomic E-state index is 2.00. The molecule has 13 heavy (non-hydrogen) atoms. The van der Waals surface area contributed by atoms with Gasteiger partial charge in [0, 0.05) is 6.07 Å². The third kappa shape index (κ3) is 1.54. The summed E-state index contributed by atoms with van der Waals surface area (Å²) < 4.78 is 2.00. The molecule has 3 nitrogen and oxygen atoms in total. The molecule has 1 aliphatic rings. The molecule has 1 aromatic heterocycles. The van der Waals surface area contributed by atoms with Gasteiger partial charge in [-0.3, -0.25) is 0 Å². The Morgan fingerprint density at radius 1 is 1.00 bits per heavy atom. The van der Waals surface area contributed by atoms with Crippen molar-refractivity contribution >= 4 is 0 Å². The number of aryl methyl sites for hydroxylation is 1. The van der Waals surface area contributed by atoms with Gasteiger partial charge in [-0.1, -0.05) is 16.9 Å². The topological polar surface area (TPSA) is 12.0 Å². The standard InChI is InChI=1S/C10H12N3/c1-11-7-6-10-13(11)12-8-4-2-3-5-9-12/h2-10H,1H3/q+1. The molecule has 0 aromatic carbocycles. The van der Waals surface area contributed by atoms with Crippen molar-refractivity contribution in [2.24, 2.45) is 7.05 Å². The van der Waals surface area contributed by atoms with E-state index in [0.29, 0.717) is 0 Å². The molecule has 0 radical (unpaired) electrons. The van der Waals surface area contributed by atoms with Gasteiger partial charge in [-0.05, 0) is 12.2 Å². The summed E-state index contributed by atoms with van der Waals surface area (Å²) in [5, 5.41) is 2.00. The van der Waals surface area contributed by atoms with Gasteiger partial charge in [0.05, 0.1) is 6.20 Å². The minimum absolute atomic E-state index is 2.00. The highest BCUT2D eigenvalue weighted by atomic mass is 15.7. The van der Waals surface area contributed by atoms with E-state index in [-0.39, 0.29) is 0 Å². The van der Waals surface area contributed by atoms with Crippen LogP contribution in [-0.4, -0.2) is 4.79 Å². The molecular formula is C10H12N3+. The molecule has 0 fully saturated rings. The molecule has 0 saturated carbocycles. The van der Waals surface area contributed by atoms with Crippen LogP contribution in [0.5, 0.6) is 0 Å². The normalized spacial score (nSPS) is 15.0. The van der Waals surface area contributed by atoms with E-state index >= 15 is 0 Å². The van der Waals surface area contributed by atoms with Crippen molar-refractivity contribution in [3.8, 4) is 0 Å². The number of allylic oxidation sites excluding steroid dienone is 4. The molecule has 0 atom stereocenters. The van der Waals surface area contributed by atoms with Crippen LogP contribution in [-0.2, 0) is 7.05 Å². The van der Waals surface area contributed by atoms with Crippen molar-refractivity contribution in [1.82, 2.24) is 4.79 Å². The van der Waals surface area contributed by atoms with Crippen LogP contribution in [0.1, 0.15) is 0 Å². The Labute approximate surface area is 77.5 Å². The monoisotopic (exact) mass is 174 g/mol. The second kappa shape index (κ2) is 3.31. The summed E-state index contributed by atoms with van der Waals surface area (Å²) >= 11 is 0. The number of nitrogens with zero attached hydrogens (tertiary/aromatic N) is 3. The number of hydrogen-bond acceptors (Lipinski definition) is 1. The van der Waals surface area contributed by atoms with E-state index < -0.39 is 0 Å². The summed E-state index contributed by atoms with van der Waals surface area (Å²) in [5.41, 5.74) is 0. The van der Waals surface area contributed by atoms with E-state index in [0.717, 1.165) is 0 Å². The van der Waals surface area contributed by atoms with Gasteiger partial charge < -0.3 is 0 Å². The van der Waals surface area contributed by atoms with E-state index in [1.807, 2.05) is 76.7 Å². The van der Waals surface area contributed by atoms with Gasteiger partial charge in [0.2, 0.25) is 0 Å². The maximum atomic E-state index is 2.00. The Bertz CT molecular complexity index is 355. The largest absolute Gasteiger partial charge is 0.166 e. The van der Waals surface area contributed by atoms with Gasteiger partial charge in [-0.15, -0.1) is 5.01 Å². The average Bonchev–Trinajstić information content (AvgIpc) is 2.43. The van der Waals surface area contributed by atoms with Crippen molar-refractivity contribution in [3.63, 3.8) is 0 Å². The quantitative estimate of drug-likeness (QED) is 0.575. The van der Waals surface area contributed by atoms with Crippen LogP contribution in [0.4, 0.5) is 0 Å². The van der Waals surface area contributed by atoms with Crippen molar-refractivity contribution in [3.05, 3.63) is 55.2 Å². The number of rotatable bonds is 1. The second-order valence-electron chi connectivity index (χ2n) is 2.83. The highest BCUT2D eigenvalue weighted by molar-refractivity contribution is 5.23. The summed E-state index contributed by atoms with van der Waals surface area (Å²) in [5.74, 6) is 0. The van der Waals surface area contributed by atoms with Gasteiger partial charge in [-0.2, -0.15) is 4.68 Å².